The molecule has 0 radical (unpaired) electrons. The first-order chi connectivity index (χ1) is 17.7. The van der Waals surface area contributed by atoms with Crippen LogP contribution in [0.3, 0.4) is 0 Å². The van der Waals surface area contributed by atoms with Crippen LogP contribution in [0, 0.1) is 0 Å². The Morgan fingerprint density at radius 2 is 1.73 bits per heavy atom. The summed E-state index contributed by atoms with van der Waals surface area (Å²) in [5, 5.41) is 2.76. The summed E-state index contributed by atoms with van der Waals surface area (Å²) in [6.07, 6.45) is 2.49. The predicted octanol–water partition coefficient (Wildman–Crippen LogP) is 2.09. The molecule has 37 heavy (non-hydrogen) atoms. The van der Waals surface area contributed by atoms with Gasteiger partial charge in [0, 0.05) is 49.5 Å². The van der Waals surface area contributed by atoms with E-state index in [4.69, 9.17) is 4.74 Å². The van der Waals surface area contributed by atoms with Crippen LogP contribution in [-0.2, 0) is 34.5 Å². The molecule has 0 unspecified atom stereocenters. The van der Waals surface area contributed by atoms with Crippen LogP contribution in [0.2, 0.25) is 0 Å². The molecule has 2 aromatic rings. The summed E-state index contributed by atoms with van der Waals surface area (Å²) in [7, 11) is -3.13. The van der Waals surface area contributed by atoms with Crippen LogP contribution in [-0.4, -0.2) is 72.8 Å². The number of allylic oxidation sites excluding steroid dienone is 1. The number of ether oxygens (including phenoxy) is 1. The number of rotatable bonds is 7. The number of benzene rings is 2. The van der Waals surface area contributed by atoms with E-state index in [2.05, 4.69) is 28.9 Å². The third-order valence-corrected chi connectivity index (χ3v) is 8.58. The van der Waals surface area contributed by atoms with Gasteiger partial charge in [0.2, 0.25) is 15.9 Å². The number of piperidine rings is 1. The Morgan fingerprint density at radius 3 is 2.41 bits per heavy atom. The van der Waals surface area contributed by atoms with Crippen molar-refractivity contribution in [2.75, 3.05) is 32.4 Å². The molecular weight excluding hydrogens is 492 g/mol. The van der Waals surface area contributed by atoms with Gasteiger partial charge < -0.3 is 15.0 Å². The third kappa shape index (κ3) is 5.56. The summed E-state index contributed by atoms with van der Waals surface area (Å²) in [6, 6.07) is 13.2. The Labute approximate surface area is 217 Å². The van der Waals surface area contributed by atoms with Crippen LogP contribution in [0.1, 0.15) is 39.9 Å². The fourth-order valence-corrected chi connectivity index (χ4v) is 5.98. The summed E-state index contributed by atoms with van der Waals surface area (Å²) in [4.78, 5) is 29.4. The Balaban J connectivity index is 1.18. The topological polar surface area (TPSA) is 99.3 Å². The number of nitrogens with zero attached hydrogens (tertiary/aromatic N) is 3. The van der Waals surface area contributed by atoms with E-state index in [0.717, 1.165) is 23.2 Å². The maximum Gasteiger partial charge on any atom is 0.255 e. The number of hydrogen-bond acceptors (Lipinski definition) is 6. The van der Waals surface area contributed by atoms with Gasteiger partial charge in [-0.25, -0.2) is 8.42 Å². The Bertz CT molecular complexity index is 1320. The first kappa shape index (κ1) is 25.4. The van der Waals surface area contributed by atoms with Crippen LogP contribution in [0.25, 0.3) is 0 Å². The van der Waals surface area contributed by atoms with Crippen LogP contribution in [0.5, 0.6) is 5.75 Å². The zero-order valence-electron chi connectivity index (χ0n) is 21.0. The predicted molar refractivity (Wildman–Crippen MR) is 139 cm³/mol. The van der Waals surface area contributed by atoms with E-state index in [-0.39, 0.29) is 11.8 Å². The molecule has 9 nitrogen and oxygen atoms in total. The lowest BCUT2D eigenvalue weighted by atomic mass is 10.0. The van der Waals surface area contributed by atoms with Crippen LogP contribution in [0.4, 0.5) is 0 Å². The van der Waals surface area contributed by atoms with Gasteiger partial charge in [0.1, 0.15) is 18.4 Å². The first-order valence-corrected chi connectivity index (χ1v) is 14.3. The highest BCUT2D eigenvalue weighted by atomic mass is 32.2. The van der Waals surface area contributed by atoms with Gasteiger partial charge >= 0.3 is 0 Å². The van der Waals surface area contributed by atoms with E-state index < -0.39 is 16.1 Å². The minimum Gasteiger partial charge on any atom is -0.489 e. The van der Waals surface area contributed by atoms with Crippen molar-refractivity contribution in [2.45, 2.75) is 38.6 Å². The summed E-state index contributed by atoms with van der Waals surface area (Å²) in [5.41, 5.74) is 4.26. The van der Waals surface area contributed by atoms with Crippen molar-refractivity contribution in [3.8, 4) is 5.75 Å². The maximum absolute atomic E-state index is 13.0. The van der Waals surface area contributed by atoms with Crippen molar-refractivity contribution >= 4 is 21.8 Å². The van der Waals surface area contributed by atoms with Gasteiger partial charge in [-0.15, -0.1) is 0 Å². The highest BCUT2D eigenvalue weighted by Crippen LogP contribution is 2.34. The number of sulfonamides is 1. The number of carbonyl (C=O) groups excluding carboxylic acids is 2. The molecule has 0 saturated carbocycles. The number of amides is 2. The molecule has 3 heterocycles. The lowest BCUT2D eigenvalue weighted by Crippen LogP contribution is -2.49. The van der Waals surface area contributed by atoms with E-state index >= 15 is 0 Å². The van der Waals surface area contributed by atoms with Gasteiger partial charge in [0.25, 0.3) is 5.91 Å². The SMILES string of the molecule is C=C1CC[C@H](N2Cc3c(OCc4ccc(CN5CCN(S(C)(=O)=O)CC5)cc4)cccc3C2=O)C(=O)N1. The maximum atomic E-state index is 13.0. The second-order valence-electron chi connectivity index (χ2n) is 9.91. The van der Waals surface area contributed by atoms with Gasteiger partial charge in [0.05, 0.1) is 12.8 Å². The van der Waals surface area contributed by atoms with Crippen LogP contribution < -0.4 is 10.1 Å². The normalized spacial score (nSPS) is 21.2. The number of carbonyl (C=O) groups is 2. The van der Waals surface area contributed by atoms with Gasteiger partial charge in [-0.2, -0.15) is 4.31 Å². The first-order valence-electron chi connectivity index (χ1n) is 12.5. The molecule has 196 valence electrons. The molecule has 0 spiro atoms. The van der Waals surface area contributed by atoms with Crippen molar-refractivity contribution in [2.24, 2.45) is 0 Å². The molecule has 0 bridgehead atoms. The molecule has 2 amide bonds. The molecule has 0 aromatic heterocycles. The van der Waals surface area contributed by atoms with E-state index in [1.165, 1.54) is 10.6 Å². The molecule has 2 saturated heterocycles. The highest BCUT2D eigenvalue weighted by Gasteiger charge is 2.39. The Hall–Kier alpha value is -3.21. The molecule has 1 atom stereocenters. The Morgan fingerprint density at radius 1 is 1.03 bits per heavy atom. The molecule has 5 rings (SSSR count). The van der Waals surface area contributed by atoms with E-state index in [0.29, 0.717) is 69.2 Å². The fraction of sp³-hybridized carbons (Fsp3) is 0.407. The van der Waals surface area contributed by atoms with Crippen LogP contribution in [0.15, 0.2) is 54.7 Å². The molecule has 0 aliphatic carbocycles. The number of hydrogen-bond donors (Lipinski definition) is 1. The van der Waals surface area contributed by atoms with Crippen molar-refractivity contribution < 1.29 is 22.7 Å². The third-order valence-electron chi connectivity index (χ3n) is 7.27. The highest BCUT2D eigenvalue weighted by molar-refractivity contribution is 7.88. The average Bonchev–Trinajstić information content (AvgIpc) is 3.20. The molecule has 2 aromatic carbocycles. The van der Waals surface area contributed by atoms with E-state index in [9.17, 15) is 18.0 Å². The molecule has 2 fully saturated rings. The van der Waals surface area contributed by atoms with Crippen molar-refractivity contribution in [3.05, 3.63) is 77.0 Å². The van der Waals surface area contributed by atoms with Crippen molar-refractivity contribution in [1.29, 1.82) is 0 Å². The van der Waals surface area contributed by atoms with Gasteiger partial charge in [-0.05, 0) is 36.1 Å². The van der Waals surface area contributed by atoms with Crippen molar-refractivity contribution in [1.82, 2.24) is 19.4 Å². The molecule has 3 aliphatic rings. The smallest absolute Gasteiger partial charge is 0.255 e. The quantitative estimate of drug-likeness (QED) is 0.596. The second kappa shape index (κ2) is 10.3. The van der Waals surface area contributed by atoms with Gasteiger partial charge in [-0.1, -0.05) is 36.9 Å². The number of piperazine rings is 1. The zero-order chi connectivity index (χ0) is 26.2. The minimum atomic E-state index is -3.13. The zero-order valence-corrected chi connectivity index (χ0v) is 21.8. The fourth-order valence-electron chi connectivity index (χ4n) is 5.15. The van der Waals surface area contributed by atoms with Gasteiger partial charge in [-0.3, -0.25) is 14.5 Å². The lowest BCUT2D eigenvalue weighted by molar-refractivity contribution is -0.126. The van der Waals surface area contributed by atoms with Crippen LogP contribution >= 0.6 is 0 Å². The second-order valence-corrected chi connectivity index (χ2v) is 11.9. The lowest BCUT2D eigenvalue weighted by Gasteiger charge is -2.33. The van der Waals surface area contributed by atoms with Crippen molar-refractivity contribution in [3.63, 3.8) is 0 Å². The molecule has 3 aliphatic heterocycles. The summed E-state index contributed by atoms with van der Waals surface area (Å²) in [6.45, 7) is 7.76. The standard InChI is InChI=1S/C27H32N4O5S/c1-19-6-11-24(26(32)28-19)31-17-23-22(27(31)33)4-3-5-25(23)36-18-21-9-7-20(8-10-21)16-29-12-14-30(15-13-29)37(2,34)35/h3-5,7-10,24H,1,6,11-18H2,2H3,(H,28,32)/t24-/m0/s1. The number of nitrogens with one attached hydrogen (secondary N) is 1. The number of fused-ring (bicyclic) bond motifs is 1. The summed E-state index contributed by atoms with van der Waals surface area (Å²) < 4.78 is 31.1. The van der Waals surface area contributed by atoms with Gasteiger partial charge in [0.15, 0.2) is 0 Å². The molecule has 1 N–H and O–H groups in total. The monoisotopic (exact) mass is 524 g/mol. The molecule has 10 heteroatoms. The summed E-state index contributed by atoms with van der Waals surface area (Å²) in [5.74, 6) is 0.328. The Kier molecular flexibility index (Phi) is 7.06. The largest absolute Gasteiger partial charge is 0.489 e. The summed E-state index contributed by atoms with van der Waals surface area (Å²) >= 11 is 0. The minimum absolute atomic E-state index is 0.144. The van der Waals surface area contributed by atoms with E-state index in [1.807, 2.05) is 24.3 Å². The van der Waals surface area contributed by atoms with E-state index in [1.54, 1.807) is 11.0 Å². The molecular formula is C27H32N4O5S. The average molecular weight is 525 g/mol.